The van der Waals surface area contributed by atoms with E-state index < -0.39 is 29.9 Å². The monoisotopic (exact) mass is 526 g/mol. The first kappa shape index (κ1) is 27.8. The summed E-state index contributed by atoms with van der Waals surface area (Å²) >= 11 is 0. The van der Waals surface area contributed by atoms with Crippen molar-refractivity contribution in [2.24, 2.45) is 17.8 Å². The topological polar surface area (TPSA) is 9.23 Å². The van der Waals surface area contributed by atoms with Gasteiger partial charge in [0.25, 0.3) is 0 Å². The Morgan fingerprint density at radius 1 is 0.838 bits per heavy atom. The molecule has 37 heavy (non-hydrogen) atoms. The van der Waals surface area contributed by atoms with Crippen LogP contribution in [0.3, 0.4) is 0 Å². The zero-order valence-electron chi connectivity index (χ0n) is 21.3. The molecule has 0 saturated heterocycles. The van der Waals surface area contributed by atoms with E-state index in [9.17, 15) is 26.3 Å². The van der Waals surface area contributed by atoms with Crippen molar-refractivity contribution in [1.82, 2.24) is 0 Å². The Bertz CT molecular complexity index is 998. The fourth-order valence-corrected chi connectivity index (χ4v) is 6.36. The van der Waals surface area contributed by atoms with Crippen LogP contribution in [-0.2, 0) is 0 Å². The summed E-state index contributed by atoms with van der Waals surface area (Å²) in [6.45, 7) is 2.25. The predicted molar refractivity (Wildman–Crippen MR) is 133 cm³/mol. The van der Waals surface area contributed by atoms with E-state index in [0.29, 0.717) is 11.5 Å². The Morgan fingerprint density at radius 2 is 1.49 bits per heavy atom. The number of hydrogen-bond acceptors (Lipinski definition) is 1. The van der Waals surface area contributed by atoms with E-state index in [0.717, 1.165) is 36.3 Å². The summed E-state index contributed by atoms with van der Waals surface area (Å²) < 4.78 is 83.2. The summed E-state index contributed by atoms with van der Waals surface area (Å²) in [7, 11) is 0. The number of halogens is 6. The minimum atomic E-state index is -4.99. The summed E-state index contributed by atoms with van der Waals surface area (Å²) in [5.41, 5.74) is 1.82. The van der Waals surface area contributed by atoms with Crippen molar-refractivity contribution in [3.8, 4) is 16.9 Å². The number of fused-ring (bicyclic) bond motifs is 1. The van der Waals surface area contributed by atoms with Crippen LogP contribution in [-0.4, -0.2) is 12.5 Å². The van der Waals surface area contributed by atoms with E-state index in [4.69, 9.17) is 0 Å². The van der Waals surface area contributed by atoms with Gasteiger partial charge in [0.2, 0.25) is 0 Å². The molecule has 0 bridgehead atoms. The van der Waals surface area contributed by atoms with Crippen molar-refractivity contribution < 1.29 is 31.1 Å². The molecule has 2 aliphatic rings. The fraction of sp³-hybridized carbons (Fsp3) is 0.600. The lowest BCUT2D eigenvalue weighted by atomic mass is 9.63. The maximum atomic E-state index is 14.3. The average molecular weight is 527 g/mol. The second-order valence-corrected chi connectivity index (χ2v) is 10.9. The van der Waals surface area contributed by atoms with E-state index in [1.54, 1.807) is 12.1 Å². The number of rotatable bonds is 10. The Kier molecular flexibility index (Phi) is 9.12. The molecule has 4 unspecified atom stereocenters. The number of unbranched alkanes of at least 4 members (excludes halogenated alkanes) is 3. The van der Waals surface area contributed by atoms with E-state index in [1.165, 1.54) is 69.8 Å². The third kappa shape index (κ3) is 6.83. The summed E-state index contributed by atoms with van der Waals surface area (Å²) in [5.74, 6) is -1.52. The molecule has 0 spiro atoms. The highest BCUT2D eigenvalue weighted by molar-refractivity contribution is 5.65. The molecule has 2 aliphatic carbocycles. The minimum absolute atomic E-state index is 0.121. The molecule has 2 aromatic rings. The smallest absolute Gasteiger partial charge is 0.422 e. The van der Waals surface area contributed by atoms with Crippen molar-refractivity contribution in [2.75, 3.05) is 0 Å². The summed E-state index contributed by atoms with van der Waals surface area (Å²) in [4.78, 5) is 0. The molecule has 0 radical (unpaired) electrons. The third-order valence-corrected chi connectivity index (χ3v) is 8.39. The molecule has 0 amide bonds. The van der Waals surface area contributed by atoms with Gasteiger partial charge in [0.15, 0.2) is 17.4 Å². The largest absolute Gasteiger partial charge is 0.461 e. The van der Waals surface area contributed by atoms with E-state index >= 15 is 0 Å². The molecule has 204 valence electrons. The maximum Gasteiger partial charge on any atom is 0.461 e. The highest BCUT2D eigenvalue weighted by atomic mass is 19.3. The second-order valence-electron chi connectivity index (χ2n) is 10.9. The van der Waals surface area contributed by atoms with Gasteiger partial charge in [-0.25, -0.2) is 8.78 Å². The standard InChI is InChI=1S/C30H36F6O/c1-2-3-4-5-6-19-7-8-24-16-23(14-13-22(24)15-19)20-9-11-21(12-10-20)25-17-26(31)28(27(32)18-25)37-30(35,36)29(33)34/h9-12,17-19,22-24,29H,2-8,13-16H2,1H3. The zero-order valence-corrected chi connectivity index (χ0v) is 21.3. The average Bonchev–Trinajstić information content (AvgIpc) is 2.88. The van der Waals surface area contributed by atoms with Crippen LogP contribution < -0.4 is 4.74 Å². The van der Waals surface area contributed by atoms with Crippen LogP contribution in [0.15, 0.2) is 36.4 Å². The predicted octanol–water partition coefficient (Wildman–Crippen LogP) is 10.1. The second kappa shape index (κ2) is 12.1. The maximum absolute atomic E-state index is 14.3. The van der Waals surface area contributed by atoms with Crippen LogP contribution in [0.25, 0.3) is 11.1 Å². The molecule has 4 rings (SSSR count). The van der Waals surface area contributed by atoms with Gasteiger partial charge in [0, 0.05) is 0 Å². The molecule has 1 nitrogen and oxygen atoms in total. The zero-order chi connectivity index (χ0) is 26.6. The molecule has 2 saturated carbocycles. The lowest BCUT2D eigenvalue weighted by Crippen LogP contribution is -2.34. The van der Waals surface area contributed by atoms with E-state index in [-0.39, 0.29) is 5.56 Å². The summed E-state index contributed by atoms with van der Waals surface area (Å²) in [6, 6.07) is 9.09. The van der Waals surface area contributed by atoms with Crippen molar-refractivity contribution in [1.29, 1.82) is 0 Å². The molecular weight excluding hydrogens is 490 g/mol. The van der Waals surface area contributed by atoms with Gasteiger partial charge in [0.1, 0.15) is 0 Å². The van der Waals surface area contributed by atoms with Gasteiger partial charge in [-0.3, -0.25) is 0 Å². The first-order valence-corrected chi connectivity index (χ1v) is 13.6. The Balaban J connectivity index is 1.36. The number of hydrogen-bond donors (Lipinski definition) is 0. The van der Waals surface area contributed by atoms with Crippen LogP contribution in [0.1, 0.15) is 89.0 Å². The molecule has 0 aliphatic heterocycles. The van der Waals surface area contributed by atoms with Gasteiger partial charge in [-0.2, -0.15) is 17.6 Å². The Morgan fingerprint density at radius 3 is 2.14 bits per heavy atom. The van der Waals surface area contributed by atoms with Crippen molar-refractivity contribution >= 4 is 0 Å². The summed E-state index contributed by atoms with van der Waals surface area (Å²) in [6.07, 6.45) is 5.04. The lowest BCUT2D eigenvalue weighted by Gasteiger charge is -2.42. The number of ether oxygens (including phenoxy) is 1. The number of alkyl halides is 4. The van der Waals surface area contributed by atoms with Crippen LogP contribution in [0.2, 0.25) is 0 Å². The normalized spacial score (nSPS) is 24.2. The quantitative estimate of drug-likeness (QED) is 0.221. The van der Waals surface area contributed by atoms with E-state index in [1.807, 2.05) is 12.1 Å². The first-order valence-electron chi connectivity index (χ1n) is 13.6. The lowest BCUT2D eigenvalue weighted by molar-refractivity contribution is -0.255. The van der Waals surface area contributed by atoms with Gasteiger partial charge >= 0.3 is 12.5 Å². The van der Waals surface area contributed by atoms with Gasteiger partial charge in [0.05, 0.1) is 0 Å². The Hall–Kier alpha value is -2.18. The molecule has 2 fully saturated rings. The van der Waals surface area contributed by atoms with Crippen molar-refractivity contribution in [2.45, 2.75) is 96.0 Å². The molecule has 0 N–H and O–H groups in total. The molecular formula is C30H36F6O. The van der Waals surface area contributed by atoms with Crippen molar-refractivity contribution in [3.05, 3.63) is 53.6 Å². The first-order chi connectivity index (χ1) is 17.7. The van der Waals surface area contributed by atoms with Gasteiger partial charge in [-0.15, -0.1) is 0 Å². The van der Waals surface area contributed by atoms with Crippen LogP contribution >= 0.6 is 0 Å². The number of benzene rings is 2. The summed E-state index contributed by atoms with van der Waals surface area (Å²) in [5, 5.41) is 0. The fourth-order valence-electron chi connectivity index (χ4n) is 6.36. The van der Waals surface area contributed by atoms with Crippen LogP contribution in [0, 0.1) is 29.4 Å². The van der Waals surface area contributed by atoms with Gasteiger partial charge < -0.3 is 4.74 Å². The molecule has 4 atom stereocenters. The van der Waals surface area contributed by atoms with Gasteiger partial charge in [-0.1, -0.05) is 69.7 Å². The van der Waals surface area contributed by atoms with Crippen LogP contribution in [0.5, 0.6) is 5.75 Å². The Labute approximate surface area is 215 Å². The van der Waals surface area contributed by atoms with Crippen LogP contribution in [0.4, 0.5) is 26.3 Å². The highest BCUT2D eigenvalue weighted by Gasteiger charge is 2.45. The highest BCUT2D eigenvalue weighted by Crippen LogP contribution is 2.48. The third-order valence-electron chi connectivity index (χ3n) is 8.39. The van der Waals surface area contributed by atoms with Gasteiger partial charge in [-0.05, 0) is 84.6 Å². The minimum Gasteiger partial charge on any atom is -0.422 e. The molecule has 2 aromatic carbocycles. The van der Waals surface area contributed by atoms with E-state index in [2.05, 4.69) is 11.7 Å². The SMILES string of the molecule is CCCCCCC1CCC2CC(c3ccc(-c4cc(F)c(OC(F)(F)C(F)F)c(F)c4)cc3)CCC2C1. The molecule has 0 aromatic heterocycles. The molecule has 0 heterocycles. The molecule has 7 heteroatoms. The van der Waals surface area contributed by atoms with Crippen molar-refractivity contribution in [3.63, 3.8) is 0 Å².